The van der Waals surface area contributed by atoms with Crippen LogP contribution in [-0.4, -0.2) is 34.1 Å². The summed E-state index contributed by atoms with van der Waals surface area (Å²) in [5.41, 5.74) is 1.82. The Morgan fingerprint density at radius 2 is 2.11 bits per heavy atom. The van der Waals surface area contributed by atoms with E-state index in [-0.39, 0.29) is 6.04 Å². The Bertz CT molecular complexity index is 594. The third kappa shape index (κ3) is 1.96. The van der Waals surface area contributed by atoms with Gasteiger partial charge in [0.2, 0.25) is 10.0 Å². The van der Waals surface area contributed by atoms with Gasteiger partial charge in [0.1, 0.15) is 5.75 Å². The van der Waals surface area contributed by atoms with Crippen LogP contribution in [0.3, 0.4) is 0 Å². The number of carbonyl (C=O) groups is 1. The van der Waals surface area contributed by atoms with E-state index < -0.39 is 10.0 Å². The molecule has 1 aliphatic heterocycles. The van der Waals surface area contributed by atoms with Crippen molar-refractivity contribution in [2.75, 3.05) is 17.7 Å². The molecule has 1 heterocycles. The van der Waals surface area contributed by atoms with Crippen molar-refractivity contribution in [3.05, 3.63) is 23.3 Å². The fourth-order valence-corrected chi connectivity index (χ4v) is 3.66. The van der Waals surface area contributed by atoms with Crippen molar-refractivity contribution in [2.45, 2.75) is 19.4 Å². The van der Waals surface area contributed by atoms with Crippen LogP contribution in [0, 0.1) is 0 Å². The molecule has 1 unspecified atom stereocenters. The van der Waals surface area contributed by atoms with Crippen molar-refractivity contribution in [1.29, 1.82) is 0 Å². The molecule has 1 aromatic rings. The molecule has 0 amide bonds. The summed E-state index contributed by atoms with van der Waals surface area (Å²) in [4.78, 5) is 11.0. The third-order valence-corrected chi connectivity index (χ3v) is 4.34. The molecule has 18 heavy (non-hydrogen) atoms. The van der Waals surface area contributed by atoms with Gasteiger partial charge >= 0.3 is 0 Å². The fourth-order valence-electron chi connectivity index (χ4n) is 2.41. The molecule has 98 valence electrons. The molecule has 2 rings (SSSR count). The predicted octanol–water partition coefficient (Wildman–Crippen LogP) is 1.22. The topological polar surface area (TPSA) is 63.7 Å². The van der Waals surface area contributed by atoms with Gasteiger partial charge in [-0.3, -0.25) is 9.10 Å². The van der Waals surface area contributed by atoms with Gasteiger partial charge in [0.15, 0.2) is 6.29 Å². The highest BCUT2D eigenvalue weighted by molar-refractivity contribution is 7.92. The van der Waals surface area contributed by atoms with E-state index in [1.165, 1.54) is 17.7 Å². The summed E-state index contributed by atoms with van der Waals surface area (Å²) < 4.78 is 30.0. The van der Waals surface area contributed by atoms with Crippen molar-refractivity contribution in [1.82, 2.24) is 0 Å². The van der Waals surface area contributed by atoms with E-state index in [2.05, 4.69) is 0 Å². The first kappa shape index (κ1) is 12.9. The van der Waals surface area contributed by atoms with Gasteiger partial charge in [0.05, 0.1) is 24.6 Å². The van der Waals surface area contributed by atoms with Crippen molar-refractivity contribution < 1.29 is 17.9 Å². The molecule has 5 nitrogen and oxygen atoms in total. The van der Waals surface area contributed by atoms with Crippen molar-refractivity contribution >= 4 is 22.0 Å². The van der Waals surface area contributed by atoms with E-state index in [0.29, 0.717) is 29.7 Å². The molecule has 0 spiro atoms. The lowest BCUT2D eigenvalue weighted by Crippen LogP contribution is -2.34. The minimum absolute atomic E-state index is 0.137. The molecule has 1 aromatic carbocycles. The molecule has 0 bridgehead atoms. The summed E-state index contributed by atoms with van der Waals surface area (Å²) in [6.07, 6.45) is 2.46. The normalized spacial score (nSPS) is 18.6. The number of methoxy groups -OCH3 is 1. The highest BCUT2D eigenvalue weighted by Crippen LogP contribution is 2.37. The van der Waals surface area contributed by atoms with Gasteiger partial charge in [-0.25, -0.2) is 8.42 Å². The Morgan fingerprint density at radius 3 is 2.61 bits per heavy atom. The van der Waals surface area contributed by atoms with E-state index in [9.17, 15) is 13.2 Å². The zero-order valence-corrected chi connectivity index (χ0v) is 11.3. The number of nitrogens with zero attached hydrogens (tertiary/aromatic N) is 1. The molecule has 1 aliphatic rings. The SMILES string of the molecule is COc1cc2c(cc1C=O)N(S(C)(=O)=O)C(C)C2. The lowest BCUT2D eigenvalue weighted by molar-refractivity contribution is 0.112. The highest BCUT2D eigenvalue weighted by Gasteiger charge is 2.33. The number of hydrogen-bond donors (Lipinski definition) is 0. The minimum atomic E-state index is -3.33. The number of ether oxygens (including phenoxy) is 1. The lowest BCUT2D eigenvalue weighted by atomic mass is 10.1. The highest BCUT2D eigenvalue weighted by atomic mass is 32.2. The first-order valence-corrected chi connectivity index (χ1v) is 7.38. The first-order chi connectivity index (χ1) is 8.38. The molecule has 6 heteroatoms. The summed E-state index contributed by atoms with van der Waals surface area (Å²) in [6.45, 7) is 1.84. The van der Waals surface area contributed by atoms with E-state index in [1.54, 1.807) is 12.1 Å². The van der Waals surface area contributed by atoms with Gasteiger partial charge in [0, 0.05) is 6.04 Å². The maximum atomic E-state index is 11.8. The van der Waals surface area contributed by atoms with Crippen LogP contribution >= 0.6 is 0 Å². The largest absolute Gasteiger partial charge is 0.496 e. The molecule has 0 N–H and O–H groups in total. The van der Waals surface area contributed by atoms with E-state index in [4.69, 9.17) is 4.74 Å². The lowest BCUT2D eigenvalue weighted by Gasteiger charge is -2.22. The zero-order valence-electron chi connectivity index (χ0n) is 10.5. The van der Waals surface area contributed by atoms with Crippen LogP contribution in [-0.2, 0) is 16.4 Å². The number of sulfonamides is 1. The summed E-state index contributed by atoms with van der Waals surface area (Å²) in [5, 5.41) is 0. The van der Waals surface area contributed by atoms with Crippen LogP contribution in [0.5, 0.6) is 5.75 Å². The predicted molar refractivity (Wildman–Crippen MR) is 68.9 cm³/mol. The average molecular weight is 269 g/mol. The first-order valence-electron chi connectivity index (χ1n) is 5.54. The van der Waals surface area contributed by atoms with Crippen LogP contribution in [0.4, 0.5) is 5.69 Å². The zero-order chi connectivity index (χ0) is 13.5. The molecule has 1 atom stereocenters. The van der Waals surface area contributed by atoms with E-state index in [0.717, 1.165) is 5.56 Å². The Balaban J connectivity index is 2.63. The number of anilines is 1. The molecular formula is C12H15NO4S. The molecule has 0 fully saturated rings. The standard InChI is InChI=1S/C12H15NO4S/c1-8-4-9-6-12(17-2)10(7-14)5-11(9)13(8)18(3,15)16/h5-8H,4H2,1-3H3. The molecule has 0 aromatic heterocycles. The van der Waals surface area contributed by atoms with Crippen molar-refractivity contribution in [2.24, 2.45) is 0 Å². The Hall–Kier alpha value is -1.56. The van der Waals surface area contributed by atoms with Gasteiger partial charge < -0.3 is 4.74 Å². The Labute approximate surface area is 106 Å². The second-order valence-corrected chi connectivity index (χ2v) is 6.31. The molecule has 0 saturated heterocycles. The van der Waals surface area contributed by atoms with Gasteiger partial charge in [-0.2, -0.15) is 0 Å². The second kappa shape index (κ2) is 4.28. The average Bonchev–Trinajstić information content (AvgIpc) is 2.61. The van der Waals surface area contributed by atoms with E-state index >= 15 is 0 Å². The molecule has 0 radical (unpaired) electrons. The summed E-state index contributed by atoms with van der Waals surface area (Å²) >= 11 is 0. The number of aldehydes is 1. The van der Waals surface area contributed by atoms with Gasteiger partial charge in [-0.05, 0) is 31.0 Å². The van der Waals surface area contributed by atoms with Crippen LogP contribution in [0.15, 0.2) is 12.1 Å². The number of benzene rings is 1. The summed E-state index contributed by atoms with van der Waals surface area (Å²) in [5.74, 6) is 0.478. The summed E-state index contributed by atoms with van der Waals surface area (Å²) in [6, 6.07) is 3.17. The van der Waals surface area contributed by atoms with Crippen LogP contribution in [0.1, 0.15) is 22.8 Å². The summed E-state index contributed by atoms with van der Waals surface area (Å²) in [7, 11) is -1.85. The van der Waals surface area contributed by atoms with Crippen molar-refractivity contribution in [3.8, 4) is 5.75 Å². The van der Waals surface area contributed by atoms with Crippen LogP contribution in [0.25, 0.3) is 0 Å². The monoisotopic (exact) mass is 269 g/mol. The van der Waals surface area contributed by atoms with Gasteiger partial charge in [-0.1, -0.05) is 0 Å². The van der Waals surface area contributed by atoms with Crippen molar-refractivity contribution in [3.63, 3.8) is 0 Å². The fraction of sp³-hybridized carbons (Fsp3) is 0.417. The minimum Gasteiger partial charge on any atom is -0.496 e. The Kier molecular flexibility index (Phi) is 3.06. The van der Waals surface area contributed by atoms with E-state index in [1.807, 2.05) is 6.92 Å². The third-order valence-electron chi connectivity index (χ3n) is 3.07. The molecule has 0 saturated carbocycles. The maximum absolute atomic E-state index is 11.8. The number of hydrogen-bond acceptors (Lipinski definition) is 4. The van der Waals surface area contributed by atoms with Crippen LogP contribution < -0.4 is 9.04 Å². The van der Waals surface area contributed by atoms with Gasteiger partial charge in [-0.15, -0.1) is 0 Å². The van der Waals surface area contributed by atoms with Crippen LogP contribution in [0.2, 0.25) is 0 Å². The number of carbonyl (C=O) groups excluding carboxylic acids is 1. The Morgan fingerprint density at radius 1 is 1.44 bits per heavy atom. The van der Waals surface area contributed by atoms with Gasteiger partial charge in [0.25, 0.3) is 0 Å². The molecule has 0 aliphatic carbocycles. The maximum Gasteiger partial charge on any atom is 0.232 e. The number of rotatable bonds is 3. The molecular weight excluding hydrogens is 254 g/mol. The second-order valence-electron chi connectivity index (χ2n) is 4.45. The quantitative estimate of drug-likeness (QED) is 0.774. The number of fused-ring (bicyclic) bond motifs is 1. The smallest absolute Gasteiger partial charge is 0.232 e.